The molecule has 1 amide bonds. The van der Waals surface area contributed by atoms with Crippen LogP contribution >= 0.6 is 11.3 Å². The number of thiophene rings is 1. The molecule has 0 unspecified atom stereocenters. The van der Waals surface area contributed by atoms with E-state index in [0.29, 0.717) is 18.7 Å². The van der Waals surface area contributed by atoms with Crippen LogP contribution in [0.3, 0.4) is 0 Å². The van der Waals surface area contributed by atoms with Crippen LogP contribution in [0.2, 0.25) is 0 Å². The lowest BCUT2D eigenvalue weighted by Gasteiger charge is -2.36. The number of hydrogen-bond donors (Lipinski definition) is 2. The molecule has 3 heterocycles. The Morgan fingerprint density at radius 3 is 2.92 bits per heavy atom. The van der Waals surface area contributed by atoms with Gasteiger partial charge in [-0.25, -0.2) is 0 Å². The van der Waals surface area contributed by atoms with Crippen LogP contribution in [0.4, 0.5) is 0 Å². The number of aliphatic hydroxyl groups is 1. The van der Waals surface area contributed by atoms with E-state index in [9.17, 15) is 9.90 Å². The number of carbonyl (C=O) groups is 1. The molecular formula is C18H25N3O3S. The lowest BCUT2D eigenvalue weighted by atomic mass is 10.0. The number of carbonyl (C=O) groups excluding carboxylic acids is 1. The predicted octanol–water partition coefficient (Wildman–Crippen LogP) is 2.28. The zero-order valence-electron chi connectivity index (χ0n) is 14.9. The average molecular weight is 363 g/mol. The van der Waals surface area contributed by atoms with Crippen molar-refractivity contribution in [1.82, 2.24) is 15.4 Å². The highest BCUT2D eigenvalue weighted by Gasteiger charge is 2.30. The molecule has 1 fully saturated rings. The molecule has 0 saturated carbocycles. The van der Waals surface area contributed by atoms with Gasteiger partial charge in [0.15, 0.2) is 0 Å². The number of aliphatic hydroxyl groups excluding tert-OH is 1. The summed E-state index contributed by atoms with van der Waals surface area (Å²) in [6.07, 6.45) is 1.07. The van der Waals surface area contributed by atoms with Gasteiger partial charge in [0.25, 0.3) is 5.91 Å². The maximum absolute atomic E-state index is 12.4. The summed E-state index contributed by atoms with van der Waals surface area (Å²) in [6, 6.07) is 1.72. The predicted molar refractivity (Wildman–Crippen MR) is 96.8 cm³/mol. The number of nitrogens with one attached hydrogen (secondary N) is 1. The fraction of sp³-hybridized carbons (Fsp3) is 0.556. The first-order valence-corrected chi connectivity index (χ1v) is 9.56. The van der Waals surface area contributed by atoms with Crippen LogP contribution in [-0.2, 0) is 13.0 Å². The quantitative estimate of drug-likeness (QED) is 0.852. The maximum Gasteiger partial charge on any atom is 0.252 e. The van der Waals surface area contributed by atoms with Crippen molar-refractivity contribution in [3.05, 3.63) is 38.9 Å². The molecule has 25 heavy (non-hydrogen) atoms. The third-order valence-corrected chi connectivity index (χ3v) is 5.89. The van der Waals surface area contributed by atoms with Gasteiger partial charge >= 0.3 is 0 Å². The van der Waals surface area contributed by atoms with E-state index < -0.39 is 6.10 Å². The van der Waals surface area contributed by atoms with Crippen LogP contribution in [0.25, 0.3) is 0 Å². The molecule has 6 nitrogen and oxygen atoms in total. The minimum Gasteiger partial charge on any atom is -0.390 e. The molecule has 2 atom stereocenters. The molecule has 1 saturated heterocycles. The Labute approximate surface area is 151 Å². The Morgan fingerprint density at radius 2 is 2.32 bits per heavy atom. The highest BCUT2D eigenvalue weighted by Crippen LogP contribution is 2.20. The monoisotopic (exact) mass is 363 g/mol. The second-order valence-corrected chi connectivity index (χ2v) is 7.62. The Balaban J connectivity index is 1.55. The zero-order chi connectivity index (χ0) is 18.0. The third kappa shape index (κ3) is 4.11. The Bertz CT molecular complexity index is 720. The standard InChI is InChI=1S/C18H25N3O3S/c1-4-14-7-13(10-25-14)18(23)19-16-5-6-21(9-17(16)22)8-15-11(2)20-24-12(15)3/h7,10,16-17,22H,4-6,8-9H2,1-3H3,(H,19,23)/t16-,17-/m1/s1. The molecular weight excluding hydrogens is 338 g/mol. The van der Waals surface area contributed by atoms with Gasteiger partial charge in [0, 0.05) is 35.5 Å². The van der Waals surface area contributed by atoms with Gasteiger partial charge in [-0.3, -0.25) is 9.69 Å². The van der Waals surface area contributed by atoms with Gasteiger partial charge in [0.2, 0.25) is 0 Å². The summed E-state index contributed by atoms with van der Waals surface area (Å²) in [5.74, 6) is 0.728. The van der Waals surface area contributed by atoms with Gasteiger partial charge in [-0.15, -0.1) is 11.3 Å². The molecule has 1 aliphatic heterocycles. The minimum absolute atomic E-state index is 0.0980. The normalized spacial score (nSPS) is 21.4. The first-order chi connectivity index (χ1) is 12.0. The lowest BCUT2D eigenvalue weighted by Crippen LogP contribution is -2.53. The SMILES string of the molecule is CCc1cc(C(=O)N[C@@H]2CCN(Cc3c(C)noc3C)C[C@H]2O)cs1. The van der Waals surface area contributed by atoms with Gasteiger partial charge < -0.3 is 14.9 Å². The maximum atomic E-state index is 12.4. The van der Waals surface area contributed by atoms with E-state index >= 15 is 0 Å². The molecule has 2 N–H and O–H groups in total. The summed E-state index contributed by atoms with van der Waals surface area (Å²) in [7, 11) is 0. The van der Waals surface area contributed by atoms with E-state index in [2.05, 4.69) is 22.3 Å². The van der Waals surface area contributed by atoms with E-state index in [1.165, 1.54) is 4.88 Å². The molecule has 0 radical (unpaired) electrons. The van der Waals surface area contributed by atoms with Crippen molar-refractivity contribution in [2.75, 3.05) is 13.1 Å². The van der Waals surface area contributed by atoms with Gasteiger partial charge in [0.1, 0.15) is 5.76 Å². The lowest BCUT2D eigenvalue weighted by molar-refractivity contribution is 0.0348. The van der Waals surface area contributed by atoms with E-state index in [1.807, 2.05) is 25.3 Å². The van der Waals surface area contributed by atoms with Crippen molar-refractivity contribution in [2.45, 2.75) is 52.3 Å². The number of β-amino-alcohol motifs (C(OH)–C–C–N with tert-alkyl or cyclic N) is 1. The number of amides is 1. The Hall–Kier alpha value is -1.70. The topological polar surface area (TPSA) is 78.6 Å². The smallest absolute Gasteiger partial charge is 0.252 e. The van der Waals surface area contributed by atoms with Crippen LogP contribution < -0.4 is 5.32 Å². The van der Waals surface area contributed by atoms with Crippen LogP contribution in [0.5, 0.6) is 0 Å². The molecule has 0 aliphatic carbocycles. The van der Waals surface area contributed by atoms with E-state index in [-0.39, 0.29) is 11.9 Å². The molecule has 7 heteroatoms. The van der Waals surface area contributed by atoms with Crippen LogP contribution in [-0.4, -0.2) is 46.3 Å². The second-order valence-electron chi connectivity index (χ2n) is 6.63. The molecule has 3 rings (SSSR count). The van der Waals surface area contributed by atoms with Crippen LogP contribution in [0, 0.1) is 13.8 Å². The van der Waals surface area contributed by atoms with Gasteiger partial charge in [-0.1, -0.05) is 12.1 Å². The number of nitrogens with zero attached hydrogens (tertiary/aromatic N) is 2. The summed E-state index contributed by atoms with van der Waals surface area (Å²) >= 11 is 1.60. The summed E-state index contributed by atoms with van der Waals surface area (Å²) < 4.78 is 5.20. The van der Waals surface area contributed by atoms with Gasteiger partial charge in [0.05, 0.1) is 23.4 Å². The van der Waals surface area contributed by atoms with Crippen molar-refractivity contribution in [2.24, 2.45) is 0 Å². The van der Waals surface area contributed by atoms with Gasteiger partial charge in [-0.05, 0) is 32.8 Å². The molecule has 2 aromatic rings. The Kier molecular flexibility index (Phi) is 5.56. The summed E-state index contributed by atoms with van der Waals surface area (Å²) in [5.41, 5.74) is 2.67. The molecule has 0 spiro atoms. The fourth-order valence-electron chi connectivity index (χ4n) is 3.20. The third-order valence-electron chi connectivity index (χ3n) is 4.81. The largest absolute Gasteiger partial charge is 0.390 e. The fourth-order valence-corrected chi connectivity index (χ4v) is 4.01. The molecule has 2 aromatic heterocycles. The average Bonchev–Trinajstić information content (AvgIpc) is 3.19. The minimum atomic E-state index is -0.581. The molecule has 0 aromatic carbocycles. The van der Waals surface area contributed by atoms with E-state index in [4.69, 9.17) is 4.52 Å². The highest BCUT2D eigenvalue weighted by atomic mass is 32.1. The van der Waals surface area contributed by atoms with Crippen LogP contribution in [0.15, 0.2) is 16.0 Å². The van der Waals surface area contributed by atoms with Crippen molar-refractivity contribution in [3.63, 3.8) is 0 Å². The number of hydrogen-bond acceptors (Lipinski definition) is 6. The van der Waals surface area contributed by atoms with Crippen LogP contribution in [0.1, 0.15) is 45.6 Å². The molecule has 1 aliphatic rings. The number of aromatic nitrogens is 1. The van der Waals surface area contributed by atoms with Crippen molar-refractivity contribution in [3.8, 4) is 0 Å². The second kappa shape index (κ2) is 7.68. The first kappa shape index (κ1) is 18.1. The Morgan fingerprint density at radius 1 is 1.52 bits per heavy atom. The number of rotatable bonds is 5. The van der Waals surface area contributed by atoms with Crippen molar-refractivity contribution in [1.29, 1.82) is 0 Å². The van der Waals surface area contributed by atoms with E-state index in [0.717, 1.165) is 36.4 Å². The number of piperidine rings is 1. The molecule has 136 valence electrons. The highest BCUT2D eigenvalue weighted by molar-refractivity contribution is 7.10. The van der Waals surface area contributed by atoms with Crippen molar-refractivity contribution < 1.29 is 14.4 Å². The molecule has 0 bridgehead atoms. The number of likely N-dealkylation sites (tertiary alicyclic amines) is 1. The zero-order valence-corrected chi connectivity index (χ0v) is 15.7. The number of aryl methyl sites for hydroxylation is 3. The summed E-state index contributed by atoms with van der Waals surface area (Å²) in [6.45, 7) is 7.97. The summed E-state index contributed by atoms with van der Waals surface area (Å²) in [5, 5.41) is 19.3. The van der Waals surface area contributed by atoms with Gasteiger partial charge in [-0.2, -0.15) is 0 Å². The first-order valence-electron chi connectivity index (χ1n) is 8.68. The van der Waals surface area contributed by atoms with E-state index in [1.54, 1.807) is 11.3 Å². The van der Waals surface area contributed by atoms with Crippen molar-refractivity contribution >= 4 is 17.2 Å². The summed E-state index contributed by atoms with van der Waals surface area (Å²) in [4.78, 5) is 15.7.